The van der Waals surface area contributed by atoms with E-state index in [0.29, 0.717) is 11.3 Å². The molecule has 14 rings (SSSR count). The van der Waals surface area contributed by atoms with Crippen molar-refractivity contribution in [3.8, 4) is 39.8 Å². The summed E-state index contributed by atoms with van der Waals surface area (Å²) in [6.07, 6.45) is 0. The summed E-state index contributed by atoms with van der Waals surface area (Å²) in [6.45, 7) is 0. The van der Waals surface area contributed by atoms with Crippen molar-refractivity contribution in [1.29, 1.82) is 0 Å². The van der Waals surface area contributed by atoms with E-state index in [-0.39, 0.29) is 33.6 Å². The van der Waals surface area contributed by atoms with Gasteiger partial charge in [-0.25, -0.2) is 4.98 Å². The Bertz CT molecular complexity index is 4520. The lowest BCUT2D eigenvalue weighted by atomic mass is 9.94. The highest BCUT2D eigenvalue weighted by atomic mass is 16.3. The molecule has 9 aromatic carbocycles. The van der Waals surface area contributed by atoms with Gasteiger partial charge in [-0.05, 0) is 71.7 Å². The summed E-state index contributed by atoms with van der Waals surface area (Å²) in [7, 11) is 0. The number of benzene rings is 9. The molecule has 0 aliphatic carbocycles. The highest BCUT2D eigenvalue weighted by molar-refractivity contribution is 6.13. The van der Waals surface area contributed by atoms with Gasteiger partial charge in [0.05, 0.1) is 55.4 Å². The Hall–Kier alpha value is -8.74. The summed E-state index contributed by atoms with van der Waals surface area (Å²) >= 11 is 0. The van der Waals surface area contributed by atoms with Gasteiger partial charge >= 0.3 is 0 Å². The van der Waals surface area contributed by atoms with Crippen molar-refractivity contribution >= 4 is 87.4 Å². The van der Waals surface area contributed by atoms with Crippen molar-refractivity contribution in [1.82, 2.24) is 23.7 Å². The maximum absolute atomic E-state index is 9.47. The summed E-state index contributed by atoms with van der Waals surface area (Å²) in [5.74, 6) is 0.335. The average molecular weight is 826 g/mol. The molecule has 0 bridgehead atoms. The molecule has 0 N–H and O–H groups in total. The first-order valence-corrected chi connectivity index (χ1v) is 21.0. The van der Waals surface area contributed by atoms with Crippen molar-refractivity contribution in [3.63, 3.8) is 0 Å². The molecular weight excluding hydrogens is 783 g/mol. The normalized spacial score (nSPS) is 13.8. The van der Waals surface area contributed by atoms with E-state index in [2.05, 4.69) is 47.0 Å². The summed E-state index contributed by atoms with van der Waals surface area (Å²) < 4.78 is 84.9. The molecule has 6 nitrogen and oxygen atoms in total. The van der Waals surface area contributed by atoms with E-state index in [1.807, 2.05) is 120 Å². The van der Waals surface area contributed by atoms with Crippen molar-refractivity contribution in [2.75, 3.05) is 0 Å². The SMILES string of the molecule is [2H]c1c([2H])c([2H])c2c(c1[2H])c1c([2H])c([2H])c([2H])c([2H])c1n2-c1cc(-c2c(-c3ccc4oc5ccccc5c4c3)cccc2-n2c3ccccc3c3ccccc32)nc(-n2c3ccccc3c3ccccc32)n1. The minimum Gasteiger partial charge on any atom is -0.456 e. The Balaban J connectivity index is 1.19. The quantitative estimate of drug-likeness (QED) is 0.174. The van der Waals surface area contributed by atoms with Crippen LogP contribution in [0, 0.1) is 0 Å². The fraction of sp³-hybridized carbons (Fsp3) is 0. The molecule has 64 heavy (non-hydrogen) atoms. The highest BCUT2D eigenvalue weighted by Gasteiger charge is 2.24. The van der Waals surface area contributed by atoms with Crippen LogP contribution in [0.5, 0.6) is 0 Å². The Morgan fingerprint density at radius 3 is 1.55 bits per heavy atom. The number of furan rings is 1. The second-order valence-corrected chi connectivity index (χ2v) is 15.9. The molecule has 0 spiro atoms. The van der Waals surface area contributed by atoms with Crippen molar-refractivity contribution in [2.24, 2.45) is 0 Å². The largest absolute Gasteiger partial charge is 0.456 e. The average Bonchev–Trinajstić information content (AvgIpc) is 4.17. The van der Waals surface area contributed by atoms with Gasteiger partial charge in [0.25, 0.3) is 0 Å². The van der Waals surface area contributed by atoms with Gasteiger partial charge in [-0.2, -0.15) is 4.98 Å². The lowest BCUT2D eigenvalue weighted by molar-refractivity contribution is 0.669. The summed E-state index contributed by atoms with van der Waals surface area (Å²) in [4.78, 5) is 10.9. The Labute approximate surface area is 377 Å². The van der Waals surface area contributed by atoms with Crippen LogP contribution in [0.4, 0.5) is 0 Å². The molecule has 0 saturated heterocycles. The molecule has 0 fully saturated rings. The lowest BCUT2D eigenvalue weighted by Crippen LogP contribution is -2.09. The maximum atomic E-state index is 9.47. The van der Waals surface area contributed by atoms with Crippen LogP contribution in [0.15, 0.2) is 217 Å². The van der Waals surface area contributed by atoms with Crippen molar-refractivity contribution in [3.05, 3.63) is 212 Å². The van der Waals surface area contributed by atoms with Gasteiger partial charge in [0.1, 0.15) is 17.0 Å². The van der Waals surface area contributed by atoms with Gasteiger partial charge in [-0.15, -0.1) is 0 Å². The highest BCUT2D eigenvalue weighted by Crippen LogP contribution is 2.44. The number of fused-ring (bicyclic) bond motifs is 12. The van der Waals surface area contributed by atoms with Crippen LogP contribution in [0.25, 0.3) is 127 Å². The van der Waals surface area contributed by atoms with E-state index in [1.54, 1.807) is 6.07 Å². The number of para-hydroxylation sites is 7. The lowest BCUT2D eigenvalue weighted by Gasteiger charge is -2.20. The fourth-order valence-corrected chi connectivity index (χ4v) is 9.86. The zero-order valence-corrected chi connectivity index (χ0v) is 33.7. The topological polar surface area (TPSA) is 53.7 Å². The van der Waals surface area contributed by atoms with Gasteiger partial charge in [0.15, 0.2) is 0 Å². The molecule has 0 saturated carbocycles. The summed E-state index contributed by atoms with van der Waals surface area (Å²) in [5, 5.41) is 5.82. The van der Waals surface area contributed by atoms with E-state index < -0.39 is 48.3 Å². The van der Waals surface area contributed by atoms with Gasteiger partial charge in [-0.3, -0.25) is 9.13 Å². The monoisotopic (exact) mass is 825 g/mol. The molecular formula is C58H35N5O. The molecule has 298 valence electrons. The van der Waals surface area contributed by atoms with E-state index in [1.165, 1.54) is 4.57 Å². The molecule has 5 heterocycles. The van der Waals surface area contributed by atoms with Crippen LogP contribution in [0.1, 0.15) is 11.0 Å². The van der Waals surface area contributed by atoms with Gasteiger partial charge in [-0.1, -0.05) is 145 Å². The number of hydrogen-bond donors (Lipinski definition) is 0. The van der Waals surface area contributed by atoms with E-state index in [4.69, 9.17) is 19.9 Å². The van der Waals surface area contributed by atoms with Gasteiger partial charge in [0.2, 0.25) is 5.95 Å². The Morgan fingerprint density at radius 1 is 0.391 bits per heavy atom. The molecule has 5 aromatic heterocycles. The Kier molecular flexibility index (Phi) is 5.85. The molecule has 0 aliphatic heterocycles. The minimum absolute atomic E-state index is 0.0472. The predicted octanol–water partition coefficient (Wildman–Crippen LogP) is 15.0. The first-order valence-electron chi connectivity index (χ1n) is 25.0. The second-order valence-electron chi connectivity index (χ2n) is 15.9. The third-order valence-corrected chi connectivity index (χ3v) is 12.5. The molecule has 0 unspecified atom stereocenters. The predicted molar refractivity (Wildman–Crippen MR) is 263 cm³/mol. The van der Waals surface area contributed by atoms with Gasteiger partial charge in [0, 0.05) is 54.7 Å². The maximum Gasteiger partial charge on any atom is 0.237 e. The van der Waals surface area contributed by atoms with Crippen LogP contribution >= 0.6 is 0 Å². The van der Waals surface area contributed by atoms with E-state index in [0.717, 1.165) is 82.4 Å². The van der Waals surface area contributed by atoms with Crippen molar-refractivity contribution < 1.29 is 15.4 Å². The van der Waals surface area contributed by atoms with E-state index >= 15 is 0 Å². The molecule has 0 amide bonds. The second kappa shape index (κ2) is 13.4. The molecule has 6 heteroatoms. The first-order chi connectivity index (χ1) is 35.1. The van der Waals surface area contributed by atoms with Crippen LogP contribution in [-0.4, -0.2) is 23.7 Å². The number of rotatable bonds is 5. The standard InChI is InChI=1S/C58H35N5O/c1-8-24-47-38(16-1)39-17-2-9-25-48(39)61(47)53-30-15-23-37(36-32-33-55-45(34-36)44-22-7-14-31-54(44)64-55)57(53)46-35-56(62-49-26-10-3-18-40(49)41-19-4-11-27-50(41)62)60-58(59-46)63-51-28-12-5-20-42(51)43-21-6-13-29-52(43)63/h1-35H/i3D,4D,10D,11D,18D,19D,26D,27D. The first kappa shape index (κ1) is 28.0. The fourth-order valence-electron chi connectivity index (χ4n) is 9.86. The molecule has 0 radical (unpaired) electrons. The summed E-state index contributed by atoms with van der Waals surface area (Å²) in [6, 6.07) is 50.7. The van der Waals surface area contributed by atoms with Crippen LogP contribution in [0.2, 0.25) is 0 Å². The van der Waals surface area contributed by atoms with Crippen molar-refractivity contribution in [2.45, 2.75) is 0 Å². The third kappa shape index (κ3) is 4.96. The zero-order chi connectivity index (χ0) is 48.8. The minimum atomic E-state index is -0.527. The number of aromatic nitrogens is 5. The molecule has 14 aromatic rings. The van der Waals surface area contributed by atoms with Crippen LogP contribution in [0.3, 0.4) is 0 Å². The third-order valence-electron chi connectivity index (χ3n) is 12.5. The van der Waals surface area contributed by atoms with Gasteiger partial charge < -0.3 is 8.98 Å². The summed E-state index contributed by atoms with van der Waals surface area (Å²) in [5.41, 5.74) is 8.52. The number of nitrogens with zero attached hydrogens (tertiary/aromatic N) is 5. The number of hydrogen-bond acceptors (Lipinski definition) is 3. The Morgan fingerprint density at radius 2 is 0.922 bits per heavy atom. The van der Waals surface area contributed by atoms with Crippen LogP contribution < -0.4 is 0 Å². The van der Waals surface area contributed by atoms with Crippen LogP contribution in [-0.2, 0) is 0 Å². The molecule has 0 aliphatic rings. The smallest absolute Gasteiger partial charge is 0.237 e. The molecule has 0 atom stereocenters. The van der Waals surface area contributed by atoms with E-state index in [9.17, 15) is 5.48 Å². The zero-order valence-electron chi connectivity index (χ0n) is 41.7.